The predicted molar refractivity (Wildman–Crippen MR) is 113 cm³/mol. The summed E-state index contributed by atoms with van der Waals surface area (Å²) in [5.74, 6) is 0. The highest BCUT2D eigenvalue weighted by molar-refractivity contribution is 14.1. The van der Waals surface area contributed by atoms with Crippen LogP contribution in [-0.4, -0.2) is 29.6 Å². The summed E-state index contributed by atoms with van der Waals surface area (Å²) in [5.41, 5.74) is 2.71. The molecule has 2 aromatic rings. The topological polar surface area (TPSA) is 40.6 Å². The Morgan fingerprint density at radius 3 is 1.96 bits per heavy atom. The minimum atomic E-state index is -3.58. The molecule has 0 aliphatic rings. The fourth-order valence-corrected chi connectivity index (χ4v) is 5.22. The molecule has 0 heterocycles. The van der Waals surface area contributed by atoms with Gasteiger partial charge in [-0.1, -0.05) is 17.7 Å². The molecule has 0 radical (unpaired) electrons. The van der Waals surface area contributed by atoms with Crippen molar-refractivity contribution in [3.8, 4) is 0 Å². The van der Waals surface area contributed by atoms with E-state index in [0.717, 1.165) is 18.4 Å². The van der Waals surface area contributed by atoms with Crippen molar-refractivity contribution in [1.82, 2.24) is 0 Å². The Hall–Kier alpha value is -0.550. The van der Waals surface area contributed by atoms with Crippen LogP contribution in [0, 0.1) is 14.1 Å². The standard InChI is InChI=1S/C16H18I2N2O2S/c1-11-5-7-13(8-6-11)23(21,22)20(4)15-10-12(17)9-14(16(15)18)19(2)3/h5-10H,1-4H3. The van der Waals surface area contributed by atoms with Crippen LogP contribution in [0.15, 0.2) is 41.3 Å². The molecule has 0 saturated heterocycles. The third kappa shape index (κ3) is 3.93. The second-order valence-electron chi connectivity index (χ2n) is 5.44. The van der Waals surface area contributed by atoms with E-state index in [1.807, 2.05) is 50.2 Å². The SMILES string of the molecule is Cc1ccc(S(=O)(=O)N(C)c2cc(I)cc(N(C)C)c2I)cc1. The Balaban J connectivity index is 2.56. The lowest BCUT2D eigenvalue weighted by Crippen LogP contribution is -2.28. The van der Waals surface area contributed by atoms with Crippen LogP contribution in [0.25, 0.3) is 0 Å². The maximum atomic E-state index is 12.9. The van der Waals surface area contributed by atoms with E-state index >= 15 is 0 Å². The van der Waals surface area contributed by atoms with Gasteiger partial charge < -0.3 is 4.90 Å². The molecule has 7 heteroatoms. The second-order valence-corrected chi connectivity index (χ2v) is 9.73. The molecule has 0 saturated carbocycles. The Kier molecular flexibility index (Phi) is 5.83. The van der Waals surface area contributed by atoms with Crippen LogP contribution < -0.4 is 9.21 Å². The normalized spacial score (nSPS) is 11.4. The summed E-state index contributed by atoms with van der Waals surface area (Å²) in [5, 5.41) is 0. The van der Waals surface area contributed by atoms with Crippen LogP contribution in [0.5, 0.6) is 0 Å². The zero-order valence-corrected chi connectivity index (χ0v) is 18.5. The van der Waals surface area contributed by atoms with Crippen LogP contribution >= 0.6 is 45.2 Å². The number of nitrogens with zero attached hydrogens (tertiary/aromatic N) is 2. The van der Waals surface area contributed by atoms with Crippen LogP contribution in [0.4, 0.5) is 11.4 Å². The number of rotatable bonds is 4. The largest absolute Gasteiger partial charge is 0.377 e. The van der Waals surface area contributed by atoms with Crippen LogP contribution in [0.3, 0.4) is 0 Å². The van der Waals surface area contributed by atoms with Crippen molar-refractivity contribution < 1.29 is 8.42 Å². The van der Waals surface area contributed by atoms with Crippen molar-refractivity contribution in [2.75, 3.05) is 30.3 Å². The molecule has 0 atom stereocenters. The molecule has 2 rings (SSSR count). The van der Waals surface area contributed by atoms with Crippen molar-refractivity contribution in [1.29, 1.82) is 0 Å². The average Bonchev–Trinajstić information content (AvgIpc) is 2.48. The highest BCUT2D eigenvalue weighted by Gasteiger charge is 2.24. The third-order valence-electron chi connectivity index (χ3n) is 3.50. The summed E-state index contributed by atoms with van der Waals surface area (Å²) in [7, 11) is 1.92. The van der Waals surface area contributed by atoms with Gasteiger partial charge in [-0.2, -0.15) is 0 Å². The van der Waals surface area contributed by atoms with Crippen LogP contribution in [-0.2, 0) is 10.0 Å². The summed E-state index contributed by atoms with van der Waals surface area (Å²) in [6.45, 7) is 1.94. The van der Waals surface area contributed by atoms with E-state index in [4.69, 9.17) is 0 Å². The molecular formula is C16H18I2N2O2S. The lowest BCUT2D eigenvalue weighted by atomic mass is 10.2. The summed E-state index contributed by atoms with van der Waals surface area (Å²) in [6, 6.07) is 10.8. The molecule has 0 aliphatic heterocycles. The molecule has 0 aromatic heterocycles. The second kappa shape index (κ2) is 7.14. The first-order valence-electron chi connectivity index (χ1n) is 6.86. The van der Waals surface area contributed by atoms with Gasteiger partial charge >= 0.3 is 0 Å². The molecular weight excluding hydrogens is 538 g/mol. The fraction of sp³-hybridized carbons (Fsp3) is 0.250. The third-order valence-corrected chi connectivity index (χ3v) is 7.01. The van der Waals surface area contributed by atoms with E-state index in [-0.39, 0.29) is 0 Å². The minimum Gasteiger partial charge on any atom is -0.377 e. The van der Waals surface area contributed by atoms with Crippen molar-refractivity contribution in [3.63, 3.8) is 0 Å². The molecule has 124 valence electrons. The molecule has 0 spiro atoms. The van der Waals surface area contributed by atoms with E-state index < -0.39 is 10.0 Å². The lowest BCUT2D eigenvalue weighted by Gasteiger charge is -2.24. The summed E-state index contributed by atoms with van der Waals surface area (Å²) >= 11 is 4.41. The van der Waals surface area contributed by atoms with Gasteiger partial charge in [0.2, 0.25) is 0 Å². The van der Waals surface area contributed by atoms with E-state index in [1.165, 1.54) is 4.31 Å². The van der Waals surface area contributed by atoms with Crippen molar-refractivity contribution in [2.45, 2.75) is 11.8 Å². The van der Waals surface area contributed by atoms with Gasteiger partial charge in [0.05, 0.1) is 19.8 Å². The van der Waals surface area contributed by atoms with E-state index in [9.17, 15) is 8.42 Å². The Bertz CT molecular complexity index is 819. The van der Waals surface area contributed by atoms with Gasteiger partial charge in [0.25, 0.3) is 10.0 Å². The average molecular weight is 556 g/mol. The van der Waals surface area contributed by atoms with Gasteiger partial charge in [-0.25, -0.2) is 8.42 Å². The van der Waals surface area contributed by atoms with Gasteiger partial charge in [0.1, 0.15) is 0 Å². The van der Waals surface area contributed by atoms with Crippen molar-refractivity contribution >= 4 is 66.6 Å². The number of hydrogen-bond donors (Lipinski definition) is 0. The number of hydrogen-bond acceptors (Lipinski definition) is 3. The Labute approximate surface area is 165 Å². The van der Waals surface area contributed by atoms with Crippen LogP contribution in [0.2, 0.25) is 0 Å². The van der Waals surface area contributed by atoms with Crippen molar-refractivity contribution in [3.05, 3.63) is 49.1 Å². The van der Waals surface area contributed by atoms with E-state index in [2.05, 4.69) is 45.2 Å². The molecule has 23 heavy (non-hydrogen) atoms. The minimum absolute atomic E-state index is 0.298. The molecule has 0 amide bonds. The first-order chi connectivity index (χ1) is 10.6. The molecule has 0 N–H and O–H groups in total. The highest BCUT2D eigenvalue weighted by atomic mass is 127. The van der Waals surface area contributed by atoms with Gasteiger partial charge in [0.15, 0.2) is 0 Å². The number of anilines is 2. The molecule has 0 aliphatic carbocycles. The number of sulfonamides is 1. The van der Waals surface area contributed by atoms with Gasteiger partial charge in [-0.05, 0) is 76.4 Å². The molecule has 0 unspecified atom stereocenters. The monoisotopic (exact) mass is 556 g/mol. The number of aryl methyl sites for hydroxylation is 1. The van der Waals surface area contributed by atoms with Gasteiger partial charge in [0, 0.05) is 24.7 Å². The maximum Gasteiger partial charge on any atom is 0.264 e. The van der Waals surface area contributed by atoms with Crippen molar-refractivity contribution in [2.24, 2.45) is 0 Å². The molecule has 0 bridgehead atoms. The first kappa shape index (κ1) is 18.8. The smallest absolute Gasteiger partial charge is 0.264 e. The maximum absolute atomic E-state index is 12.9. The fourth-order valence-electron chi connectivity index (χ4n) is 2.11. The summed E-state index contributed by atoms with van der Waals surface area (Å²) < 4.78 is 29.0. The first-order valence-corrected chi connectivity index (χ1v) is 10.5. The molecule has 0 fully saturated rings. The number of halogens is 2. The Morgan fingerprint density at radius 1 is 0.913 bits per heavy atom. The van der Waals surface area contributed by atoms with E-state index in [0.29, 0.717) is 10.6 Å². The summed E-state index contributed by atoms with van der Waals surface area (Å²) in [4.78, 5) is 2.28. The number of benzene rings is 2. The van der Waals surface area contributed by atoms with E-state index in [1.54, 1.807) is 19.2 Å². The van der Waals surface area contributed by atoms with Gasteiger partial charge in [-0.15, -0.1) is 0 Å². The zero-order valence-electron chi connectivity index (χ0n) is 13.3. The predicted octanol–water partition coefficient (Wildman–Crippen LogP) is 4.10. The van der Waals surface area contributed by atoms with Crippen LogP contribution in [0.1, 0.15) is 5.56 Å². The summed E-state index contributed by atoms with van der Waals surface area (Å²) in [6.07, 6.45) is 0. The van der Waals surface area contributed by atoms with Gasteiger partial charge in [-0.3, -0.25) is 4.31 Å². The molecule has 2 aromatic carbocycles. The lowest BCUT2D eigenvalue weighted by molar-refractivity contribution is 0.594. The molecule has 4 nitrogen and oxygen atoms in total. The quantitative estimate of drug-likeness (QED) is 0.534. The zero-order chi connectivity index (χ0) is 17.4. The Morgan fingerprint density at radius 2 is 1.43 bits per heavy atom. The highest BCUT2D eigenvalue weighted by Crippen LogP contribution is 2.35.